The Kier molecular flexibility index (Phi) is 8.70. The van der Waals surface area contributed by atoms with E-state index in [2.05, 4.69) is 66.5 Å². The van der Waals surface area contributed by atoms with Crippen molar-refractivity contribution in [3.63, 3.8) is 0 Å². The van der Waals surface area contributed by atoms with E-state index in [1.807, 2.05) is 19.1 Å². The fourth-order valence-electron chi connectivity index (χ4n) is 3.55. The molecule has 1 aromatic carbocycles. The van der Waals surface area contributed by atoms with Crippen molar-refractivity contribution >= 4 is 17.4 Å². The van der Waals surface area contributed by atoms with Gasteiger partial charge in [0, 0.05) is 11.3 Å². The van der Waals surface area contributed by atoms with Crippen LogP contribution in [0.15, 0.2) is 81.4 Å². The third-order valence-electron chi connectivity index (χ3n) is 4.86. The first-order valence-corrected chi connectivity index (χ1v) is 10.8. The minimum absolute atomic E-state index is 0. The molecule has 0 N–H and O–H groups in total. The fraction of sp³-hybridized carbons (Fsp3) is 0.208. The van der Waals surface area contributed by atoms with E-state index in [1.54, 1.807) is 0 Å². The Labute approximate surface area is 200 Å². The molecule has 5 heteroatoms. The van der Waals surface area contributed by atoms with Crippen molar-refractivity contribution < 1.29 is 54.0 Å². The molecule has 0 radical (unpaired) electrons. The van der Waals surface area contributed by atoms with E-state index in [4.69, 9.17) is 4.42 Å². The zero-order valence-corrected chi connectivity index (χ0v) is 20.4. The molecule has 1 aliphatic heterocycles. The van der Waals surface area contributed by atoms with Gasteiger partial charge in [0.25, 0.3) is 0 Å². The van der Waals surface area contributed by atoms with Gasteiger partial charge in [0.1, 0.15) is 0 Å². The smallest absolute Gasteiger partial charge is 1.00 e. The maximum Gasteiger partial charge on any atom is -1.00 e. The third-order valence-corrected chi connectivity index (χ3v) is 6.39. The summed E-state index contributed by atoms with van der Waals surface area (Å²) in [7, 11) is 0. The van der Waals surface area contributed by atoms with E-state index in [9.17, 15) is 0 Å². The summed E-state index contributed by atoms with van der Waals surface area (Å²) in [6, 6.07) is 12.9. The van der Waals surface area contributed by atoms with Crippen LogP contribution in [0.1, 0.15) is 46.5 Å². The number of rotatable bonds is 3. The van der Waals surface area contributed by atoms with E-state index in [1.165, 1.54) is 47.0 Å². The van der Waals surface area contributed by atoms with Gasteiger partial charge in [-0.2, -0.15) is 0 Å². The minimum atomic E-state index is 0. The van der Waals surface area contributed by atoms with Crippen LogP contribution in [0.25, 0.3) is 11.6 Å². The molecule has 2 aliphatic carbocycles. The Morgan fingerprint density at radius 1 is 1.07 bits per heavy atom. The standard InChI is InChI=1S/C16H15O.C8H7N.2ClH.Zr/c1-2-5-15-8-9-16(17-15)14-10-12-6-3-4-7-13(12)11-14;1-6-5-7-3-2-4-8(7)9-6;;;/h3-4,6-11H,2,5H2,1H3;2-5H,1H3;2*1H;/q;;;;+2/p-2. The first-order chi connectivity index (χ1) is 13.2. The van der Waals surface area contributed by atoms with Crippen LogP contribution in [0.5, 0.6) is 0 Å². The molecule has 1 aromatic heterocycles. The average Bonchev–Trinajstić information content (AvgIpc) is 3.41. The molecule has 0 bridgehead atoms. The predicted molar refractivity (Wildman–Crippen MR) is 108 cm³/mol. The number of nitrogens with zero attached hydrogens (tertiary/aromatic N) is 1. The first kappa shape index (κ1) is 23.9. The molecule has 0 saturated heterocycles. The number of benzene rings is 1. The zero-order chi connectivity index (χ0) is 18.8. The van der Waals surface area contributed by atoms with Crippen LogP contribution in [-0.4, -0.2) is 5.71 Å². The van der Waals surface area contributed by atoms with E-state index >= 15 is 0 Å². The molecule has 0 fully saturated rings. The molecular weight excluding hydrogens is 480 g/mol. The number of hydrogen-bond donors (Lipinski definition) is 0. The summed E-state index contributed by atoms with van der Waals surface area (Å²) in [5, 5.41) is 0. The van der Waals surface area contributed by atoms with Crippen LogP contribution in [0, 0.1) is 0 Å². The Balaban J connectivity index is 0.000000232. The number of hydrogen-bond acceptors (Lipinski definition) is 2. The van der Waals surface area contributed by atoms with Crippen LogP contribution in [0.4, 0.5) is 0 Å². The molecule has 3 aliphatic rings. The molecular formula is C24H22Cl2NOZr. The summed E-state index contributed by atoms with van der Waals surface area (Å²) >= 11 is 1.52. The summed E-state index contributed by atoms with van der Waals surface area (Å²) < 4.78 is 6.48. The topological polar surface area (TPSA) is 25.5 Å². The molecule has 5 rings (SSSR count). The zero-order valence-electron chi connectivity index (χ0n) is 16.5. The normalized spacial score (nSPS) is 17.6. The number of allylic oxidation sites excluding steroid dienone is 5. The average molecular weight is 503 g/mol. The largest absolute Gasteiger partial charge is 1.00 e. The van der Waals surface area contributed by atoms with Gasteiger partial charge in [-0.25, -0.2) is 0 Å². The van der Waals surface area contributed by atoms with Crippen molar-refractivity contribution in [2.75, 3.05) is 0 Å². The van der Waals surface area contributed by atoms with Crippen molar-refractivity contribution in [2.45, 2.75) is 30.3 Å². The molecule has 2 nitrogen and oxygen atoms in total. The van der Waals surface area contributed by atoms with Crippen molar-refractivity contribution in [3.05, 3.63) is 94.6 Å². The Morgan fingerprint density at radius 2 is 1.86 bits per heavy atom. The molecule has 0 saturated carbocycles. The molecule has 0 spiro atoms. The summed E-state index contributed by atoms with van der Waals surface area (Å²) in [6.45, 7) is 4.19. The van der Waals surface area contributed by atoms with Crippen molar-refractivity contribution in [1.82, 2.24) is 0 Å². The quantitative estimate of drug-likeness (QED) is 0.590. The van der Waals surface area contributed by atoms with E-state index in [-0.39, 0.29) is 24.8 Å². The van der Waals surface area contributed by atoms with Crippen LogP contribution in [0.2, 0.25) is 0 Å². The summed E-state index contributed by atoms with van der Waals surface area (Å²) in [5.41, 5.74) is 7.62. The number of halogens is 2. The third kappa shape index (κ3) is 5.20. The van der Waals surface area contributed by atoms with Gasteiger partial charge in [-0.05, 0) is 19.1 Å². The molecule has 0 amide bonds. The van der Waals surface area contributed by atoms with Crippen LogP contribution < -0.4 is 24.8 Å². The van der Waals surface area contributed by atoms with Gasteiger partial charge < -0.3 is 24.8 Å². The van der Waals surface area contributed by atoms with Gasteiger partial charge in [-0.15, -0.1) is 0 Å². The number of fused-ring (bicyclic) bond motifs is 2. The molecule has 2 aromatic rings. The van der Waals surface area contributed by atoms with Crippen molar-refractivity contribution in [3.8, 4) is 0 Å². The van der Waals surface area contributed by atoms with Crippen molar-refractivity contribution in [2.24, 2.45) is 4.99 Å². The van der Waals surface area contributed by atoms with E-state index in [0.29, 0.717) is 3.63 Å². The predicted octanol–water partition coefficient (Wildman–Crippen LogP) is 0.223. The van der Waals surface area contributed by atoms with Gasteiger partial charge in [0.15, 0.2) is 0 Å². The van der Waals surface area contributed by atoms with Gasteiger partial charge in [-0.3, -0.25) is 4.99 Å². The maximum absolute atomic E-state index is 5.96. The van der Waals surface area contributed by atoms with Crippen LogP contribution >= 0.6 is 0 Å². The first-order valence-electron chi connectivity index (χ1n) is 9.42. The second-order valence-corrected chi connectivity index (χ2v) is 8.36. The summed E-state index contributed by atoms with van der Waals surface area (Å²) in [6.07, 6.45) is 12.7. The Morgan fingerprint density at radius 3 is 2.59 bits per heavy atom. The van der Waals surface area contributed by atoms with E-state index in [0.717, 1.165) is 35.8 Å². The monoisotopic (exact) mass is 500 g/mol. The number of aliphatic imine (C=N–C) groups is 1. The van der Waals surface area contributed by atoms with E-state index < -0.39 is 0 Å². The van der Waals surface area contributed by atoms with Gasteiger partial charge >= 0.3 is 123 Å². The Hall–Kier alpha value is -1.41. The molecule has 1 unspecified atom stereocenters. The molecule has 2 heterocycles. The maximum atomic E-state index is 5.96. The van der Waals surface area contributed by atoms with Gasteiger partial charge in [0.05, 0.1) is 5.70 Å². The second-order valence-electron chi connectivity index (χ2n) is 6.94. The van der Waals surface area contributed by atoms with Gasteiger partial charge in [-0.1, -0.05) is 12.2 Å². The number of furan rings is 1. The molecule has 147 valence electrons. The fourth-order valence-corrected chi connectivity index (χ4v) is 4.75. The summed E-state index contributed by atoms with van der Waals surface area (Å²) in [5.74, 6) is 2.16. The Bertz CT molecular complexity index is 1030. The van der Waals surface area contributed by atoms with Crippen LogP contribution in [-0.2, 0) is 31.1 Å². The minimum Gasteiger partial charge on any atom is -1.00 e. The molecule has 29 heavy (non-hydrogen) atoms. The van der Waals surface area contributed by atoms with Crippen LogP contribution in [0.3, 0.4) is 0 Å². The van der Waals surface area contributed by atoms with Crippen molar-refractivity contribution in [1.29, 1.82) is 0 Å². The second kappa shape index (κ2) is 10.6. The number of aryl methyl sites for hydroxylation is 1. The molecule has 1 atom stereocenters. The SMILES string of the molecule is CC1=NC2=CC=CC2=C1.CCCc1ccc(C2=Cc3ccccc3[CH]2[Zr+2])o1.[Cl-].[Cl-]. The summed E-state index contributed by atoms with van der Waals surface area (Å²) in [4.78, 5) is 4.27. The van der Waals surface area contributed by atoms with Gasteiger partial charge in [0.2, 0.25) is 0 Å².